The molecule has 0 saturated carbocycles. The van der Waals surface area contributed by atoms with Gasteiger partial charge < -0.3 is 19.6 Å². The molecule has 9 heteroatoms. The third-order valence-electron chi connectivity index (χ3n) is 5.55. The molecule has 0 spiro atoms. The SMILES string of the molecule is COc1ncccc1-c1c[nH]c(C2(CC=CCCC(=O)c3ccon3)CCCC(=O)N2)n1. The normalized spacial score (nSPS) is 18.6. The van der Waals surface area contributed by atoms with Crippen LogP contribution in [0.25, 0.3) is 11.3 Å². The monoisotopic (exact) mass is 435 g/mol. The molecular formula is C23H25N5O4. The summed E-state index contributed by atoms with van der Waals surface area (Å²) in [6.07, 6.45) is 12.3. The van der Waals surface area contributed by atoms with E-state index in [1.165, 1.54) is 6.26 Å². The molecule has 166 valence electrons. The van der Waals surface area contributed by atoms with E-state index in [0.29, 0.717) is 48.8 Å². The second kappa shape index (κ2) is 9.59. The molecule has 2 N–H and O–H groups in total. The molecule has 4 rings (SSSR count). The first-order valence-electron chi connectivity index (χ1n) is 10.6. The van der Waals surface area contributed by atoms with Gasteiger partial charge in [0.25, 0.3) is 0 Å². The fourth-order valence-electron chi connectivity index (χ4n) is 3.92. The lowest BCUT2D eigenvalue weighted by molar-refractivity contribution is -0.125. The Bertz CT molecular complexity index is 1110. The van der Waals surface area contributed by atoms with E-state index in [4.69, 9.17) is 14.2 Å². The number of aromatic nitrogens is 4. The predicted octanol–water partition coefficient (Wildman–Crippen LogP) is 3.57. The fraction of sp³-hybridized carbons (Fsp3) is 0.348. The number of amides is 1. The number of pyridine rings is 1. The van der Waals surface area contributed by atoms with Crippen molar-refractivity contribution in [2.45, 2.75) is 44.1 Å². The highest BCUT2D eigenvalue weighted by atomic mass is 16.5. The summed E-state index contributed by atoms with van der Waals surface area (Å²) in [7, 11) is 1.57. The van der Waals surface area contributed by atoms with Gasteiger partial charge in [-0.05, 0) is 37.8 Å². The maximum absolute atomic E-state index is 12.3. The number of nitrogens with one attached hydrogen (secondary N) is 2. The Balaban J connectivity index is 1.49. The Kier molecular flexibility index (Phi) is 6.44. The van der Waals surface area contributed by atoms with Crippen LogP contribution in [-0.2, 0) is 10.3 Å². The molecule has 0 radical (unpaired) electrons. The van der Waals surface area contributed by atoms with Crippen LogP contribution in [0.1, 0.15) is 54.8 Å². The molecule has 1 amide bonds. The molecule has 1 unspecified atom stereocenters. The van der Waals surface area contributed by atoms with Crippen LogP contribution in [0.5, 0.6) is 5.88 Å². The summed E-state index contributed by atoms with van der Waals surface area (Å²) in [4.78, 5) is 36.6. The zero-order valence-electron chi connectivity index (χ0n) is 17.8. The highest BCUT2D eigenvalue weighted by molar-refractivity contribution is 5.94. The van der Waals surface area contributed by atoms with Gasteiger partial charge in [-0.2, -0.15) is 0 Å². The molecule has 1 aliphatic rings. The second-order valence-corrected chi connectivity index (χ2v) is 7.70. The third kappa shape index (κ3) is 4.61. The predicted molar refractivity (Wildman–Crippen MR) is 116 cm³/mol. The number of ketones is 1. The van der Waals surface area contributed by atoms with Crippen LogP contribution in [0.3, 0.4) is 0 Å². The standard InChI is InChI=1S/C23H25N5O4/c1-31-21-16(7-6-13-24-21)18-15-25-22(26-18)23(12-5-9-20(30)27-23)11-4-2-3-8-19(29)17-10-14-32-28-17/h2,4,6-7,10,13-15H,3,5,8-9,11-12H2,1H3,(H,25,26)(H,27,30). The lowest BCUT2D eigenvalue weighted by atomic mass is 9.84. The highest BCUT2D eigenvalue weighted by Gasteiger charge is 2.38. The molecule has 0 aromatic carbocycles. The smallest absolute Gasteiger partial charge is 0.222 e. The first-order chi connectivity index (χ1) is 15.6. The Morgan fingerprint density at radius 1 is 1.34 bits per heavy atom. The number of ether oxygens (including phenoxy) is 1. The van der Waals surface area contributed by atoms with Crippen molar-refractivity contribution in [3.8, 4) is 17.1 Å². The van der Waals surface area contributed by atoms with Gasteiger partial charge in [0.1, 0.15) is 23.3 Å². The number of Topliss-reactive ketones (excluding diaryl/α,β-unsaturated/α-hetero) is 1. The second-order valence-electron chi connectivity index (χ2n) is 7.70. The molecule has 0 bridgehead atoms. The average molecular weight is 435 g/mol. The van der Waals surface area contributed by atoms with Crippen molar-refractivity contribution in [2.24, 2.45) is 0 Å². The van der Waals surface area contributed by atoms with Gasteiger partial charge in [0.15, 0.2) is 5.78 Å². The zero-order chi connectivity index (χ0) is 22.4. The number of allylic oxidation sites excluding steroid dienone is 1. The summed E-state index contributed by atoms with van der Waals surface area (Å²) in [5.41, 5.74) is 1.18. The molecule has 3 aromatic rings. The molecule has 3 aromatic heterocycles. The summed E-state index contributed by atoms with van der Waals surface area (Å²) in [6, 6.07) is 5.28. The van der Waals surface area contributed by atoms with Crippen molar-refractivity contribution in [3.05, 3.63) is 60.5 Å². The Morgan fingerprint density at radius 3 is 3.03 bits per heavy atom. The highest BCUT2D eigenvalue weighted by Crippen LogP contribution is 2.35. The number of hydrogen-bond acceptors (Lipinski definition) is 7. The maximum Gasteiger partial charge on any atom is 0.222 e. The van der Waals surface area contributed by atoms with Gasteiger partial charge in [-0.1, -0.05) is 17.3 Å². The maximum atomic E-state index is 12.3. The lowest BCUT2D eigenvalue weighted by Gasteiger charge is -2.35. The summed E-state index contributed by atoms with van der Waals surface area (Å²) >= 11 is 0. The number of H-pyrrole nitrogens is 1. The van der Waals surface area contributed by atoms with Gasteiger partial charge in [0, 0.05) is 31.3 Å². The minimum atomic E-state index is -0.629. The number of aromatic amines is 1. The van der Waals surface area contributed by atoms with Crippen LogP contribution in [0.15, 0.2) is 53.5 Å². The van der Waals surface area contributed by atoms with Crippen molar-refractivity contribution in [3.63, 3.8) is 0 Å². The van der Waals surface area contributed by atoms with Crippen molar-refractivity contribution in [1.82, 2.24) is 25.4 Å². The van der Waals surface area contributed by atoms with E-state index in [1.807, 2.05) is 24.3 Å². The van der Waals surface area contributed by atoms with E-state index in [-0.39, 0.29) is 11.7 Å². The number of hydrogen-bond donors (Lipinski definition) is 2. The number of rotatable bonds is 9. The number of carbonyl (C=O) groups is 2. The largest absolute Gasteiger partial charge is 0.481 e. The van der Waals surface area contributed by atoms with Crippen LogP contribution < -0.4 is 10.1 Å². The van der Waals surface area contributed by atoms with Crippen molar-refractivity contribution >= 4 is 11.7 Å². The molecule has 1 aliphatic heterocycles. The molecule has 0 aliphatic carbocycles. The Hall–Kier alpha value is -3.75. The molecule has 9 nitrogen and oxygen atoms in total. The first kappa shape index (κ1) is 21.5. The van der Waals surface area contributed by atoms with Gasteiger partial charge in [0.05, 0.1) is 18.4 Å². The topological polar surface area (TPSA) is 123 Å². The third-order valence-corrected chi connectivity index (χ3v) is 5.55. The number of carbonyl (C=O) groups excluding carboxylic acids is 2. The minimum absolute atomic E-state index is 0.00256. The van der Waals surface area contributed by atoms with Crippen molar-refractivity contribution in [1.29, 1.82) is 0 Å². The zero-order valence-corrected chi connectivity index (χ0v) is 17.8. The average Bonchev–Trinajstić information content (AvgIpc) is 3.51. The summed E-state index contributed by atoms with van der Waals surface area (Å²) < 4.78 is 10.1. The quantitative estimate of drug-likeness (QED) is 0.389. The van der Waals surface area contributed by atoms with Crippen molar-refractivity contribution < 1.29 is 18.8 Å². The van der Waals surface area contributed by atoms with E-state index in [2.05, 4.69) is 20.4 Å². The van der Waals surface area contributed by atoms with Crippen LogP contribution in [-0.4, -0.2) is 38.9 Å². The van der Waals surface area contributed by atoms with Gasteiger partial charge in [-0.3, -0.25) is 9.59 Å². The molecule has 1 atom stereocenters. The van der Waals surface area contributed by atoms with E-state index >= 15 is 0 Å². The Labute approximate surface area is 185 Å². The molecular weight excluding hydrogens is 410 g/mol. The van der Waals surface area contributed by atoms with E-state index < -0.39 is 5.54 Å². The van der Waals surface area contributed by atoms with Gasteiger partial charge in [-0.25, -0.2) is 9.97 Å². The molecule has 32 heavy (non-hydrogen) atoms. The molecule has 1 fully saturated rings. The van der Waals surface area contributed by atoms with Crippen LogP contribution in [0.4, 0.5) is 0 Å². The fourth-order valence-corrected chi connectivity index (χ4v) is 3.92. The number of methoxy groups -OCH3 is 1. The van der Waals surface area contributed by atoms with Gasteiger partial charge in [0.2, 0.25) is 11.8 Å². The van der Waals surface area contributed by atoms with E-state index in [1.54, 1.807) is 25.6 Å². The minimum Gasteiger partial charge on any atom is -0.481 e. The van der Waals surface area contributed by atoms with Crippen LogP contribution in [0, 0.1) is 0 Å². The van der Waals surface area contributed by atoms with E-state index in [0.717, 1.165) is 18.4 Å². The molecule has 1 saturated heterocycles. The van der Waals surface area contributed by atoms with Crippen LogP contribution in [0.2, 0.25) is 0 Å². The van der Waals surface area contributed by atoms with Crippen LogP contribution >= 0.6 is 0 Å². The number of imidazole rings is 1. The molecule has 4 heterocycles. The summed E-state index contributed by atoms with van der Waals surface area (Å²) in [5.74, 6) is 1.12. The van der Waals surface area contributed by atoms with Gasteiger partial charge in [-0.15, -0.1) is 0 Å². The van der Waals surface area contributed by atoms with E-state index in [9.17, 15) is 9.59 Å². The number of nitrogens with zero attached hydrogens (tertiary/aromatic N) is 3. The first-order valence-corrected chi connectivity index (χ1v) is 10.6. The van der Waals surface area contributed by atoms with Crippen molar-refractivity contribution in [2.75, 3.05) is 7.11 Å². The lowest BCUT2D eigenvalue weighted by Crippen LogP contribution is -2.49. The summed E-state index contributed by atoms with van der Waals surface area (Å²) in [5, 5.41) is 6.81. The van der Waals surface area contributed by atoms with Gasteiger partial charge >= 0.3 is 0 Å². The summed E-state index contributed by atoms with van der Waals surface area (Å²) in [6.45, 7) is 0. The number of piperidine rings is 1. The Morgan fingerprint density at radius 2 is 2.25 bits per heavy atom.